The molecule has 0 amide bonds. The minimum absolute atomic E-state index is 0. The predicted molar refractivity (Wildman–Crippen MR) is 67.7 cm³/mol. The third kappa shape index (κ3) is 3.40. The SMILES string of the molecule is Cc1ccccc1CNCc1ccco1.Cl. The second-order valence-corrected chi connectivity index (χ2v) is 3.61. The Morgan fingerprint density at radius 2 is 1.88 bits per heavy atom. The van der Waals surface area contributed by atoms with E-state index in [9.17, 15) is 0 Å². The third-order valence-corrected chi connectivity index (χ3v) is 2.46. The van der Waals surface area contributed by atoms with Crippen LogP contribution in [0.1, 0.15) is 16.9 Å². The molecule has 1 N–H and O–H groups in total. The first-order valence-electron chi connectivity index (χ1n) is 5.14. The molecule has 2 nitrogen and oxygen atoms in total. The van der Waals surface area contributed by atoms with Crippen molar-refractivity contribution < 1.29 is 4.42 Å². The zero-order valence-electron chi connectivity index (χ0n) is 9.27. The smallest absolute Gasteiger partial charge is 0.117 e. The van der Waals surface area contributed by atoms with E-state index < -0.39 is 0 Å². The van der Waals surface area contributed by atoms with Gasteiger partial charge in [0.25, 0.3) is 0 Å². The lowest BCUT2D eigenvalue weighted by Gasteiger charge is -2.05. The molecule has 0 spiro atoms. The van der Waals surface area contributed by atoms with Crippen molar-refractivity contribution in [1.29, 1.82) is 0 Å². The first kappa shape index (κ1) is 12.8. The summed E-state index contributed by atoms with van der Waals surface area (Å²) in [5.74, 6) is 0.976. The summed E-state index contributed by atoms with van der Waals surface area (Å²) in [6.45, 7) is 3.79. The molecule has 86 valence electrons. The van der Waals surface area contributed by atoms with Crippen molar-refractivity contribution in [3.05, 3.63) is 59.5 Å². The van der Waals surface area contributed by atoms with Gasteiger partial charge in [0, 0.05) is 6.54 Å². The Labute approximate surface area is 102 Å². The van der Waals surface area contributed by atoms with E-state index >= 15 is 0 Å². The molecular weight excluding hydrogens is 222 g/mol. The van der Waals surface area contributed by atoms with Crippen molar-refractivity contribution in [2.75, 3.05) is 0 Å². The number of nitrogens with one attached hydrogen (secondary N) is 1. The van der Waals surface area contributed by atoms with Crippen LogP contribution in [-0.2, 0) is 13.1 Å². The van der Waals surface area contributed by atoms with E-state index in [1.807, 2.05) is 12.1 Å². The Morgan fingerprint density at radius 1 is 1.06 bits per heavy atom. The molecule has 0 atom stereocenters. The molecule has 16 heavy (non-hydrogen) atoms. The van der Waals surface area contributed by atoms with Crippen LogP contribution in [0.15, 0.2) is 47.1 Å². The first-order valence-corrected chi connectivity index (χ1v) is 5.14. The molecule has 0 aliphatic carbocycles. The van der Waals surface area contributed by atoms with Crippen LogP contribution in [0.5, 0.6) is 0 Å². The molecule has 0 saturated carbocycles. The van der Waals surface area contributed by atoms with Gasteiger partial charge in [0.2, 0.25) is 0 Å². The number of hydrogen-bond donors (Lipinski definition) is 1. The van der Waals surface area contributed by atoms with Gasteiger partial charge in [-0.1, -0.05) is 24.3 Å². The number of furan rings is 1. The van der Waals surface area contributed by atoms with Crippen molar-refractivity contribution in [3.63, 3.8) is 0 Å². The molecule has 0 radical (unpaired) electrons. The molecular formula is C13H16ClNO. The van der Waals surface area contributed by atoms with Gasteiger partial charge >= 0.3 is 0 Å². The van der Waals surface area contributed by atoms with Crippen molar-refractivity contribution in [2.24, 2.45) is 0 Å². The van der Waals surface area contributed by atoms with Gasteiger partial charge in [-0.25, -0.2) is 0 Å². The van der Waals surface area contributed by atoms with Crippen LogP contribution in [0.4, 0.5) is 0 Å². The molecule has 0 saturated heterocycles. The normalized spacial score (nSPS) is 9.81. The van der Waals surface area contributed by atoms with Crippen molar-refractivity contribution in [3.8, 4) is 0 Å². The molecule has 0 fully saturated rings. The number of benzene rings is 1. The lowest BCUT2D eigenvalue weighted by molar-refractivity contribution is 0.483. The summed E-state index contributed by atoms with van der Waals surface area (Å²) in [5, 5.41) is 3.35. The minimum Gasteiger partial charge on any atom is -0.468 e. The number of hydrogen-bond acceptors (Lipinski definition) is 2. The summed E-state index contributed by atoms with van der Waals surface area (Å²) in [4.78, 5) is 0. The van der Waals surface area contributed by atoms with Crippen LogP contribution in [-0.4, -0.2) is 0 Å². The molecule has 2 rings (SSSR count). The van der Waals surface area contributed by atoms with E-state index in [2.05, 4.69) is 36.5 Å². The number of rotatable bonds is 4. The third-order valence-electron chi connectivity index (χ3n) is 2.46. The molecule has 0 unspecified atom stereocenters. The van der Waals surface area contributed by atoms with Gasteiger partial charge in [-0.15, -0.1) is 12.4 Å². The molecule has 0 bridgehead atoms. The number of aryl methyl sites for hydroxylation is 1. The summed E-state index contributed by atoms with van der Waals surface area (Å²) >= 11 is 0. The second kappa shape index (κ2) is 6.36. The Hall–Kier alpha value is -1.25. The van der Waals surface area contributed by atoms with Crippen LogP contribution in [0.3, 0.4) is 0 Å². The Morgan fingerprint density at radius 3 is 2.56 bits per heavy atom. The van der Waals surface area contributed by atoms with Gasteiger partial charge in [-0.2, -0.15) is 0 Å². The highest BCUT2D eigenvalue weighted by atomic mass is 35.5. The topological polar surface area (TPSA) is 25.2 Å². The van der Waals surface area contributed by atoms with Crippen LogP contribution in [0.2, 0.25) is 0 Å². The lowest BCUT2D eigenvalue weighted by atomic mass is 10.1. The summed E-state index contributed by atoms with van der Waals surface area (Å²) in [6.07, 6.45) is 1.70. The molecule has 1 aromatic carbocycles. The van der Waals surface area contributed by atoms with E-state index in [-0.39, 0.29) is 12.4 Å². The fourth-order valence-electron chi connectivity index (χ4n) is 1.54. The van der Waals surface area contributed by atoms with Crippen molar-refractivity contribution in [1.82, 2.24) is 5.32 Å². The monoisotopic (exact) mass is 237 g/mol. The molecule has 0 aliphatic heterocycles. The Bertz CT molecular complexity index is 412. The standard InChI is InChI=1S/C13H15NO.ClH/c1-11-5-2-3-6-12(11)9-14-10-13-7-4-8-15-13;/h2-8,14H,9-10H2,1H3;1H. The zero-order chi connectivity index (χ0) is 10.5. The Kier molecular flexibility index (Phi) is 5.09. The highest BCUT2D eigenvalue weighted by molar-refractivity contribution is 5.85. The summed E-state index contributed by atoms with van der Waals surface area (Å²) < 4.78 is 5.24. The maximum absolute atomic E-state index is 5.24. The lowest BCUT2D eigenvalue weighted by Crippen LogP contribution is -2.12. The molecule has 0 aliphatic rings. The van der Waals surface area contributed by atoms with Gasteiger partial charge in [-0.05, 0) is 30.2 Å². The van der Waals surface area contributed by atoms with Gasteiger partial charge in [0.15, 0.2) is 0 Å². The average molecular weight is 238 g/mol. The molecule has 2 aromatic rings. The highest BCUT2D eigenvalue weighted by Gasteiger charge is 1.97. The van der Waals surface area contributed by atoms with Gasteiger partial charge in [0.1, 0.15) is 5.76 Å². The molecule has 1 heterocycles. The zero-order valence-corrected chi connectivity index (χ0v) is 10.1. The van der Waals surface area contributed by atoms with Crippen LogP contribution >= 0.6 is 12.4 Å². The fraction of sp³-hybridized carbons (Fsp3) is 0.231. The second-order valence-electron chi connectivity index (χ2n) is 3.61. The minimum atomic E-state index is 0. The maximum Gasteiger partial charge on any atom is 0.117 e. The highest BCUT2D eigenvalue weighted by Crippen LogP contribution is 2.07. The van der Waals surface area contributed by atoms with Crippen LogP contribution in [0.25, 0.3) is 0 Å². The quantitative estimate of drug-likeness (QED) is 0.883. The fourth-order valence-corrected chi connectivity index (χ4v) is 1.54. The Balaban J connectivity index is 0.00000128. The van der Waals surface area contributed by atoms with Crippen molar-refractivity contribution in [2.45, 2.75) is 20.0 Å². The van der Waals surface area contributed by atoms with Gasteiger partial charge in [-0.3, -0.25) is 0 Å². The van der Waals surface area contributed by atoms with Crippen LogP contribution < -0.4 is 5.32 Å². The van der Waals surface area contributed by atoms with Crippen LogP contribution in [0, 0.1) is 6.92 Å². The average Bonchev–Trinajstić information content (AvgIpc) is 2.74. The number of halogens is 1. The van der Waals surface area contributed by atoms with E-state index in [1.54, 1.807) is 6.26 Å². The van der Waals surface area contributed by atoms with E-state index in [4.69, 9.17) is 4.42 Å². The maximum atomic E-state index is 5.24. The summed E-state index contributed by atoms with van der Waals surface area (Å²) in [6, 6.07) is 12.3. The predicted octanol–water partition coefficient (Wildman–Crippen LogP) is 3.30. The summed E-state index contributed by atoms with van der Waals surface area (Å²) in [5.41, 5.74) is 2.66. The van der Waals surface area contributed by atoms with E-state index in [1.165, 1.54) is 11.1 Å². The largest absolute Gasteiger partial charge is 0.468 e. The van der Waals surface area contributed by atoms with Gasteiger partial charge in [0.05, 0.1) is 12.8 Å². The van der Waals surface area contributed by atoms with E-state index in [0.29, 0.717) is 0 Å². The van der Waals surface area contributed by atoms with E-state index in [0.717, 1.165) is 18.8 Å². The summed E-state index contributed by atoms with van der Waals surface area (Å²) in [7, 11) is 0. The van der Waals surface area contributed by atoms with Gasteiger partial charge < -0.3 is 9.73 Å². The molecule has 1 aromatic heterocycles. The molecule has 3 heteroatoms. The first-order chi connectivity index (χ1) is 7.36. The van der Waals surface area contributed by atoms with Crippen molar-refractivity contribution >= 4 is 12.4 Å².